The second-order valence-electron chi connectivity index (χ2n) is 6.94. The quantitative estimate of drug-likeness (QED) is 0.724. The molecule has 2 aromatic rings. The van der Waals surface area contributed by atoms with Crippen molar-refractivity contribution in [3.8, 4) is 5.75 Å². The third-order valence-corrected chi connectivity index (χ3v) is 6.46. The fraction of sp³-hybridized carbons (Fsp3) is 0.261. The topological polar surface area (TPSA) is 29.5 Å². The van der Waals surface area contributed by atoms with Gasteiger partial charge in [0.15, 0.2) is 5.78 Å². The zero-order valence-corrected chi connectivity index (χ0v) is 16.7. The van der Waals surface area contributed by atoms with Crippen molar-refractivity contribution in [3.05, 3.63) is 75.1 Å². The van der Waals surface area contributed by atoms with Gasteiger partial charge < -0.3 is 9.64 Å². The molecule has 1 aromatic carbocycles. The van der Waals surface area contributed by atoms with Crippen LogP contribution in [-0.2, 0) is 11.2 Å². The number of rotatable bonds is 3. The number of ketones is 1. The molecule has 0 N–H and O–H groups in total. The Labute approximate surface area is 164 Å². The third-order valence-electron chi connectivity index (χ3n) is 5.21. The predicted octanol–water partition coefficient (Wildman–Crippen LogP) is 5.33. The van der Waals surface area contributed by atoms with E-state index in [1.807, 2.05) is 29.7 Å². The highest BCUT2D eigenvalue weighted by Gasteiger charge is 2.34. The van der Waals surface area contributed by atoms with E-state index in [-0.39, 0.29) is 11.7 Å². The molecule has 2 aliphatic rings. The maximum absolute atomic E-state index is 12.5. The Morgan fingerprint density at radius 1 is 1.22 bits per heavy atom. The minimum absolute atomic E-state index is 0.0285. The smallest absolute Gasteiger partial charge is 0.158 e. The molecule has 0 fully saturated rings. The first-order valence-electron chi connectivity index (χ1n) is 9.18. The Hall–Kier alpha value is -2.59. The summed E-state index contributed by atoms with van der Waals surface area (Å²) in [4.78, 5) is 17.2. The predicted molar refractivity (Wildman–Crippen MR) is 113 cm³/mol. The van der Waals surface area contributed by atoms with E-state index in [4.69, 9.17) is 4.74 Å². The number of carbonyl (C=O) groups is 1. The van der Waals surface area contributed by atoms with Gasteiger partial charge >= 0.3 is 0 Å². The van der Waals surface area contributed by atoms with E-state index >= 15 is 0 Å². The number of allylic oxidation sites excluding steroid dienone is 4. The molecule has 138 valence electrons. The first-order valence-corrected chi connectivity index (χ1v) is 10.00. The molecular weight excluding hydrogens is 354 g/mol. The summed E-state index contributed by atoms with van der Waals surface area (Å²) < 4.78 is 5.31. The van der Waals surface area contributed by atoms with Crippen LogP contribution in [0.2, 0.25) is 0 Å². The molecule has 0 saturated carbocycles. The molecule has 1 atom stereocenters. The second kappa shape index (κ2) is 7.20. The number of Topliss-reactive ketones (excluding diaryl/α,β-unsaturated/α-hetero) is 1. The van der Waals surface area contributed by atoms with E-state index < -0.39 is 0 Å². The summed E-state index contributed by atoms with van der Waals surface area (Å²) in [6.07, 6.45) is 12.7. The summed E-state index contributed by atoms with van der Waals surface area (Å²) in [5.41, 5.74) is 4.62. The molecule has 0 bridgehead atoms. The number of thiophene rings is 1. The summed E-state index contributed by atoms with van der Waals surface area (Å²) in [5.74, 6) is 0.915. The Balaban J connectivity index is 1.89. The highest BCUT2D eigenvalue weighted by atomic mass is 32.1. The summed E-state index contributed by atoms with van der Waals surface area (Å²) in [6, 6.07) is 8.09. The van der Waals surface area contributed by atoms with Crippen LogP contribution in [0.1, 0.15) is 40.1 Å². The van der Waals surface area contributed by atoms with Gasteiger partial charge in [-0.1, -0.05) is 30.4 Å². The van der Waals surface area contributed by atoms with Crippen LogP contribution >= 0.6 is 11.3 Å². The van der Waals surface area contributed by atoms with Gasteiger partial charge in [0.1, 0.15) is 5.75 Å². The lowest BCUT2D eigenvalue weighted by Gasteiger charge is -2.30. The van der Waals surface area contributed by atoms with Crippen molar-refractivity contribution in [1.29, 1.82) is 0 Å². The molecule has 1 unspecified atom stereocenters. The highest BCUT2D eigenvalue weighted by Crippen LogP contribution is 2.50. The monoisotopic (exact) mass is 377 g/mol. The largest absolute Gasteiger partial charge is 0.497 e. The number of ether oxygens (including phenoxy) is 1. The Bertz CT molecular complexity index is 963. The standard InChI is InChI=1S/C23H23NO2S/c1-15(25)19-14-24(2)22-18-8-6-4-5-7-9-20(18)27-23(22)21(19)16-10-12-17(26-3)13-11-16/h4-5,7,9-14,21H,6,8H2,1-3H3/b5-4-,9-7-. The summed E-state index contributed by atoms with van der Waals surface area (Å²) >= 11 is 1.81. The van der Waals surface area contributed by atoms with Crippen LogP contribution in [-0.4, -0.2) is 19.9 Å². The van der Waals surface area contributed by atoms with Crippen LogP contribution in [0.4, 0.5) is 5.69 Å². The van der Waals surface area contributed by atoms with Gasteiger partial charge in [-0.15, -0.1) is 11.3 Å². The lowest BCUT2D eigenvalue weighted by molar-refractivity contribution is -0.113. The third kappa shape index (κ3) is 3.15. The molecule has 0 radical (unpaired) electrons. The zero-order chi connectivity index (χ0) is 19.0. The molecule has 4 heteroatoms. The van der Waals surface area contributed by atoms with E-state index in [0.717, 1.165) is 29.7 Å². The first-order chi connectivity index (χ1) is 13.1. The molecule has 2 heterocycles. The molecular formula is C23H23NO2S. The number of nitrogens with zero attached hydrogens (tertiary/aromatic N) is 1. The molecule has 1 aliphatic heterocycles. The molecule has 3 nitrogen and oxygen atoms in total. The van der Waals surface area contributed by atoms with E-state index in [1.54, 1.807) is 14.0 Å². The van der Waals surface area contributed by atoms with E-state index in [9.17, 15) is 4.79 Å². The van der Waals surface area contributed by atoms with Gasteiger partial charge in [-0.2, -0.15) is 0 Å². The van der Waals surface area contributed by atoms with Gasteiger partial charge in [-0.25, -0.2) is 0 Å². The van der Waals surface area contributed by atoms with Gasteiger partial charge in [0.25, 0.3) is 0 Å². The van der Waals surface area contributed by atoms with Crippen molar-refractivity contribution < 1.29 is 9.53 Å². The molecule has 27 heavy (non-hydrogen) atoms. The van der Waals surface area contributed by atoms with Crippen LogP contribution in [0, 0.1) is 0 Å². The first kappa shape index (κ1) is 17.8. The Morgan fingerprint density at radius 3 is 2.70 bits per heavy atom. The van der Waals surface area contributed by atoms with E-state index in [1.165, 1.54) is 21.0 Å². The number of anilines is 1. The molecule has 0 saturated heterocycles. The van der Waals surface area contributed by atoms with Crippen molar-refractivity contribution >= 4 is 28.9 Å². The average molecular weight is 378 g/mol. The summed E-state index contributed by atoms with van der Waals surface area (Å²) in [7, 11) is 3.72. The van der Waals surface area contributed by atoms with Crippen molar-refractivity contribution in [2.75, 3.05) is 19.1 Å². The van der Waals surface area contributed by atoms with Crippen LogP contribution in [0.5, 0.6) is 5.75 Å². The normalized spacial score (nSPS) is 20.6. The lowest BCUT2D eigenvalue weighted by atomic mass is 9.84. The molecule has 0 spiro atoms. The zero-order valence-electron chi connectivity index (χ0n) is 15.9. The van der Waals surface area contributed by atoms with Gasteiger partial charge in [0.05, 0.1) is 18.7 Å². The van der Waals surface area contributed by atoms with Crippen LogP contribution < -0.4 is 9.64 Å². The molecule has 1 aliphatic carbocycles. The van der Waals surface area contributed by atoms with E-state index in [0.29, 0.717) is 0 Å². The number of carbonyl (C=O) groups excluding carboxylic acids is 1. The average Bonchev–Trinajstić information content (AvgIpc) is 2.99. The fourth-order valence-corrected chi connectivity index (χ4v) is 5.36. The lowest BCUT2D eigenvalue weighted by Crippen LogP contribution is -2.23. The number of fused-ring (bicyclic) bond motifs is 3. The van der Waals surface area contributed by atoms with Gasteiger partial charge in [-0.3, -0.25) is 4.79 Å². The maximum Gasteiger partial charge on any atom is 0.158 e. The maximum atomic E-state index is 12.5. The van der Waals surface area contributed by atoms with Crippen LogP contribution in [0.3, 0.4) is 0 Å². The van der Waals surface area contributed by atoms with Crippen molar-refractivity contribution in [1.82, 2.24) is 0 Å². The SMILES string of the molecule is COc1ccc(C2C(C(C)=O)=CN(C)c3c2sc2c3CC/C=C\C=C/2)cc1. The molecule has 0 amide bonds. The van der Waals surface area contributed by atoms with Crippen molar-refractivity contribution in [2.45, 2.75) is 25.7 Å². The number of methoxy groups -OCH3 is 1. The van der Waals surface area contributed by atoms with Crippen LogP contribution in [0.15, 0.2) is 54.3 Å². The van der Waals surface area contributed by atoms with Crippen molar-refractivity contribution in [2.24, 2.45) is 0 Å². The second-order valence-corrected chi connectivity index (χ2v) is 8.03. The van der Waals surface area contributed by atoms with Gasteiger partial charge in [0.2, 0.25) is 0 Å². The fourth-order valence-electron chi connectivity index (χ4n) is 3.91. The molecule has 1 aromatic heterocycles. The Morgan fingerprint density at radius 2 is 2.00 bits per heavy atom. The van der Waals surface area contributed by atoms with Gasteiger partial charge in [0, 0.05) is 28.6 Å². The van der Waals surface area contributed by atoms with Crippen molar-refractivity contribution in [3.63, 3.8) is 0 Å². The van der Waals surface area contributed by atoms with E-state index in [2.05, 4.69) is 48.4 Å². The van der Waals surface area contributed by atoms with Gasteiger partial charge in [-0.05, 0) is 49.1 Å². The summed E-state index contributed by atoms with van der Waals surface area (Å²) in [6.45, 7) is 1.66. The summed E-state index contributed by atoms with van der Waals surface area (Å²) in [5, 5.41) is 0. The number of hydrogen-bond donors (Lipinski definition) is 0. The number of hydrogen-bond acceptors (Lipinski definition) is 4. The Kier molecular flexibility index (Phi) is 4.75. The minimum atomic E-state index is -0.0285. The molecule has 4 rings (SSSR count). The van der Waals surface area contributed by atoms with Crippen LogP contribution in [0.25, 0.3) is 6.08 Å². The minimum Gasteiger partial charge on any atom is -0.497 e. The highest BCUT2D eigenvalue weighted by molar-refractivity contribution is 7.14. The number of benzene rings is 1.